The van der Waals surface area contributed by atoms with E-state index in [2.05, 4.69) is 41.8 Å². The lowest BCUT2D eigenvalue weighted by atomic mass is 9.88. The number of thiocarbonyl (C=S) groups is 1. The van der Waals surface area contributed by atoms with E-state index in [4.69, 9.17) is 17.0 Å². The van der Waals surface area contributed by atoms with Crippen LogP contribution in [0.5, 0.6) is 5.75 Å². The maximum atomic E-state index is 5.59. The molecular formula is C20H24N2OS. The summed E-state index contributed by atoms with van der Waals surface area (Å²) in [4.78, 5) is 0. The summed E-state index contributed by atoms with van der Waals surface area (Å²) in [5, 5.41) is 7.54. The van der Waals surface area contributed by atoms with E-state index in [0.717, 1.165) is 24.3 Å². The molecule has 0 bridgehead atoms. The van der Waals surface area contributed by atoms with Crippen molar-refractivity contribution in [2.24, 2.45) is 0 Å². The van der Waals surface area contributed by atoms with Crippen molar-refractivity contribution in [1.82, 2.24) is 5.32 Å². The van der Waals surface area contributed by atoms with E-state index in [1.807, 2.05) is 24.3 Å². The molecule has 1 aliphatic rings. The second-order valence-corrected chi connectivity index (χ2v) is 6.87. The fourth-order valence-electron chi connectivity index (χ4n) is 3.42. The predicted molar refractivity (Wildman–Crippen MR) is 104 cm³/mol. The van der Waals surface area contributed by atoms with E-state index in [9.17, 15) is 0 Å². The average molecular weight is 340 g/mol. The number of benzene rings is 2. The predicted octanol–water partition coefficient (Wildman–Crippen LogP) is 4.76. The van der Waals surface area contributed by atoms with Crippen molar-refractivity contribution in [1.29, 1.82) is 0 Å². The Hall–Kier alpha value is -2.07. The highest BCUT2D eigenvalue weighted by molar-refractivity contribution is 7.80. The van der Waals surface area contributed by atoms with Crippen molar-refractivity contribution >= 4 is 23.0 Å². The van der Waals surface area contributed by atoms with Crippen LogP contribution in [0.15, 0.2) is 48.5 Å². The molecule has 2 aromatic rings. The average Bonchev–Trinajstić information content (AvgIpc) is 3.05. The van der Waals surface area contributed by atoms with Crippen molar-refractivity contribution < 1.29 is 4.74 Å². The third-order valence-corrected chi connectivity index (χ3v) is 4.95. The molecule has 126 valence electrons. The van der Waals surface area contributed by atoms with Gasteiger partial charge >= 0.3 is 0 Å². The first-order valence-corrected chi connectivity index (χ1v) is 8.82. The number of methoxy groups -OCH3 is 1. The Bertz CT molecular complexity index is 706. The molecule has 0 atom stereocenters. The van der Waals surface area contributed by atoms with Gasteiger partial charge in [0.2, 0.25) is 0 Å². The highest BCUT2D eigenvalue weighted by atomic mass is 32.1. The van der Waals surface area contributed by atoms with Gasteiger partial charge in [0.25, 0.3) is 0 Å². The normalized spacial score (nSPS) is 15.8. The summed E-state index contributed by atoms with van der Waals surface area (Å²) in [6.07, 6.45) is 4.66. The molecule has 0 heterocycles. The van der Waals surface area contributed by atoms with Crippen LogP contribution in [0.4, 0.5) is 5.69 Å². The molecule has 1 saturated carbocycles. The molecule has 0 spiro atoms. The van der Waals surface area contributed by atoms with Crippen LogP contribution in [0.2, 0.25) is 0 Å². The van der Waals surface area contributed by atoms with Crippen molar-refractivity contribution in [2.45, 2.75) is 38.1 Å². The van der Waals surface area contributed by atoms with E-state index < -0.39 is 0 Å². The van der Waals surface area contributed by atoms with Crippen LogP contribution >= 0.6 is 12.2 Å². The van der Waals surface area contributed by atoms with E-state index in [1.54, 1.807) is 7.11 Å². The van der Waals surface area contributed by atoms with Crippen LogP contribution in [0.1, 0.15) is 36.8 Å². The molecule has 1 fully saturated rings. The van der Waals surface area contributed by atoms with Gasteiger partial charge in [-0.1, -0.05) is 48.7 Å². The second kappa shape index (κ2) is 7.22. The van der Waals surface area contributed by atoms with Crippen LogP contribution in [0.25, 0.3) is 0 Å². The summed E-state index contributed by atoms with van der Waals surface area (Å²) in [7, 11) is 1.67. The third-order valence-electron chi connectivity index (χ3n) is 4.74. The highest BCUT2D eigenvalue weighted by Crippen LogP contribution is 2.39. The van der Waals surface area contributed by atoms with Crippen LogP contribution in [0.3, 0.4) is 0 Å². The molecule has 0 aliphatic heterocycles. The van der Waals surface area contributed by atoms with Gasteiger partial charge in [0.15, 0.2) is 5.11 Å². The lowest BCUT2D eigenvalue weighted by molar-refractivity contribution is 0.408. The molecule has 0 aromatic heterocycles. The summed E-state index contributed by atoms with van der Waals surface area (Å²) in [6, 6.07) is 16.6. The van der Waals surface area contributed by atoms with Crippen molar-refractivity contribution in [2.75, 3.05) is 12.4 Å². The second-order valence-electron chi connectivity index (χ2n) is 6.47. The first kappa shape index (κ1) is 16.8. The molecule has 0 saturated heterocycles. The number of nitrogens with one attached hydrogen (secondary N) is 2. The topological polar surface area (TPSA) is 33.3 Å². The number of hydrogen-bond acceptors (Lipinski definition) is 2. The SMILES string of the molecule is COc1cccc(NC(=S)NC2(c3ccc(C)cc3)CCCC2)c1. The van der Waals surface area contributed by atoms with Crippen LogP contribution in [-0.4, -0.2) is 12.2 Å². The Labute approximate surface area is 149 Å². The molecule has 0 radical (unpaired) electrons. The standard InChI is InChI=1S/C20H24N2OS/c1-15-8-10-16(11-9-15)20(12-3-4-13-20)22-19(24)21-17-6-5-7-18(14-17)23-2/h5-11,14H,3-4,12-13H2,1-2H3,(H2,21,22,24). The Kier molecular flexibility index (Phi) is 5.05. The number of anilines is 1. The van der Waals surface area contributed by atoms with Gasteiger partial charge in [-0.05, 0) is 49.7 Å². The summed E-state index contributed by atoms with van der Waals surface area (Å²) in [6.45, 7) is 2.12. The zero-order valence-electron chi connectivity index (χ0n) is 14.3. The molecule has 3 rings (SSSR count). The summed E-state index contributed by atoms with van der Waals surface area (Å²) < 4.78 is 5.27. The zero-order valence-corrected chi connectivity index (χ0v) is 15.1. The monoisotopic (exact) mass is 340 g/mol. The lowest BCUT2D eigenvalue weighted by Gasteiger charge is -2.32. The van der Waals surface area contributed by atoms with Gasteiger partial charge in [0.1, 0.15) is 5.75 Å². The Morgan fingerprint density at radius 1 is 1.08 bits per heavy atom. The molecule has 1 aliphatic carbocycles. The smallest absolute Gasteiger partial charge is 0.171 e. The first-order valence-electron chi connectivity index (χ1n) is 8.42. The van der Waals surface area contributed by atoms with Crippen molar-refractivity contribution in [3.8, 4) is 5.75 Å². The highest BCUT2D eigenvalue weighted by Gasteiger charge is 2.36. The van der Waals surface area contributed by atoms with E-state index in [1.165, 1.54) is 24.0 Å². The minimum Gasteiger partial charge on any atom is -0.497 e. The van der Waals surface area contributed by atoms with E-state index in [-0.39, 0.29) is 5.54 Å². The minimum atomic E-state index is -0.0589. The molecule has 4 heteroatoms. The van der Waals surface area contributed by atoms with Crippen LogP contribution in [0, 0.1) is 6.92 Å². The fourth-order valence-corrected chi connectivity index (χ4v) is 3.73. The van der Waals surface area contributed by atoms with Gasteiger partial charge in [-0.25, -0.2) is 0 Å². The molecule has 0 amide bonds. The summed E-state index contributed by atoms with van der Waals surface area (Å²) in [5.41, 5.74) is 3.48. The molecule has 0 unspecified atom stereocenters. The van der Waals surface area contributed by atoms with Gasteiger partial charge in [0, 0.05) is 11.8 Å². The Balaban J connectivity index is 1.75. The minimum absolute atomic E-state index is 0.0589. The molecular weight excluding hydrogens is 316 g/mol. The number of hydrogen-bond donors (Lipinski definition) is 2. The third kappa shape index (κ3) is 3.70. The number of aryl methyl sites for hydroxylation is 1. The van der Waals surface area contributed by atoms with Gasteiger partial charge in [0.05, 0.1) is 12.6 Å². The van der Waals surface area contributed by atoms with Crippen molar-refractivity contribution in [3.05, 3.63) is 59.7 Å². The lowest BCUT2D eigenvalue weighted by Crippen LogP contribution is -2.45. The van der Waals surface area contributed by atoms with Crippen molar-refractivity contribution in [3.63, 3.8) is 0 Å². The number of rotatable bonds is 4. The fraction of sp³-hybridized carbons (Fsp3) is 0.350. The quantitative estimate of drug-likeness (QED) is 0.786. The van der Waals surface area contributed by atoms with E-state index >= 15 is 0 Å². The van der Waals surface area contributed by atoms with Crippen LogP contribution < -0.4 is 15.4 Å². The van der Waals surface area contributed by atoms with E-state index in [0.29, 0.717) is 5.11 Å². The zero-order chi connectivity index (χ0) is 17.0. The summed E-state index contributed by atoms with van der Waals surface area (Å²) >= 11 is 5.59. The van der Waals surface area contributed by atoms with Crippen LogP contribution in [-0.2, 0) is 5.54 Å². The van der Waals surface area contributed by atoms with Gasteiger partial charge in [-0.2, -0.15) is 0 Å². The summed E-state index contributed by atoms with van der Waals surface area (Å²) in [5.74, 6) is 0.817. The number of ether oxygens (including phenoxy) is 1. The molecule has 3 nitrogen and oxygen atoms in total. The molecule has 2 N–H and O–H groups in total. The first-order chi connectivity index (χ1) is 11.6. The molecule has 24 heavy (non-hydrogen) atoms. The maximum absolute atomic E-state index is 5.59. The van der Waals surface area contributed by atoms with Gasteiger partial charge in [-0.3, -0.25) is 0 Å². The Morgan fingerprint density at radius 3 is 2.46 bits per heavy atom. The largest absolute Gasteiger partial charge is 0.497 e. The maximum Gasteiger partial charge on any atom is 0.171 e. The van der Waals surface area contributed by atoms with Gasteiger partial charge < -0.3 is 15.4 Å². The molecule has 2 aromatic carbocycles. The van der Waals surface area contributed by atoms with Gasteiger partial charge in [-0.15, -0.1) is 0 Å². The Morgan fingerprint density at radius 2 is 1.79 bits per heavy atom.